The Balaban J connectivity index is 0.000000231. The number of nitrogens with two attached hydrogens (primary N) is 1. The van der Waals surface area contributed by atoms with E-state index >= 15 is 0 Å². The van der Waals surface area contributed by atoms with Crippen molar-refractivity contribution in [1.29, 1.82) is 0 Å². The topological polar surface area (TPSA) is 105 Å². The van der Waals surface area contributed by atoms with Gasteiger partial charge in [0.2, 0.25) is 0 Å². The molecular formula is C26H33ClFN3O3. The summed E-state index contributed by atoms with van der Waals surface area (Å²) in [7, 11) is 0. The van der Waals surface area contributed by atoms with Crippen molar-refractivity contribution in [2.45, 2.75) is 70.9 Å². The minimum Gasteiger partial charge on any atom is -0.386 e. The molecule has 1 atom stereocenters. The van der Waals surface area contributed by atoms with Crippen molar-refractivity contribution in [3.05, 3.63) is 62.4 Å². The lowest BCUT2D eigenvalue weighted by Crippen LogP contribution is -2.17. The molecule has 0 spiro atoms. The van der Waals surface area contributed by atoms with Gasteiger partial charge in [0.25, 0.3) is 0 Å². The number of hydrogen-bond acceptors (Lipinski definition) is 4. The Morgan fingerprint density at radius 3 is 2.06 bits per heavy atom. The molecule has 0 heterocycles. The van der Waals surface area contributed by atoms with E-state index in [9.17, 15) is 14.3 Å². The first kappa shape index (κ1) is 27.6. The van der Waals surface area contributed by atoms with Crippen molar-refractivity contribution in [2.24, 2.45) is 10.7 Å². The number of carbonyl (C=O) groups is 2. The Kier molecular flexibility index (Phi) is 9.50. The first-order valence-corrected chi connectivity index (χ1v) is 11.6. The van der Waals surface area contributed by atoms with Gasteiger partial charge in [0.05, 0.1) is 5.60 Å². The molecule has 2 aliphatic rings. The number of hydrogen-bond donors (Lipinski definition) is 3. The molecule has 34 heavy (non-hydrogen) atoms. The number of fused-ring (bicyclic) bond motifs is 2. The summed E-state index contributed by atoms with van der Waals surface area (Å²) >= 11 is 6.49. The van der Waals surface area contributed by atoms with Crippen LogP contribution in [0.15, 0.2) is 23.2 Å². The van der Waals surface area contributed by atoms with E-state index in [2.05, 4.69) is 17.0 Å². The minimum absolute atomic E-state index is 0.328. The summed E-state index contributed by atoms with van der Waals surface area (Å²) in [5, 5.41) is 13.5. The van der Waals surface area contributed by atoms with E-state index in [0.717, 1.165) is 49.2 Å². The monoisotopic (exact) mass is 489 g/mol. The van der Waals surface area contributed by atoms with Crippen LogP contribution in [0.25, 0.3) is 0 Å². The Morgan fingerprint density at radius 2 is 1.65 bits per heavy atom. The zero-order chi connectivity index (χ0) is 25.6. The molecule has 6 nitrogen and oxygen atoms in total. The Hall–Kier alpha value is -2.61. The summed E-state index contributed by atoms with van der Waals surface area (Å²) in [6.45, 7) is 10.2. The fraction of sp³-hybridized carbons (Fsp3) is 0.423. The lowest BCUT2D eigenvalue weighted by atomic mass is 9.96. The Morgan fingerprint density at radius 1 is 1.15 bits per heavy atom. The maximum Gasteiger partial charge on any atom is 0.344 e. The Bertz CT molecular complexity index is 1030. The third kappa shape index (κ3) is 6.09. The molecule has 2 aromatic rings. The van der Waals surface area contributed by atoms with Crippen LogP contribution < -0.4 is 11.1 Å². The van der Waals surface area contributed by atoms with Gasteiger partial charge in [-0.05, 0) is 99.9 Å². The van der Waals surface area contributed by atoms with E-state index < -0.39 is 5.60 Å². The average molecular weight is 490 g/mol. The maximum atomic E-state index is 13.4. The van der Waals surface area contributed by atoms with Gasteiger partial charge in [0, 0.05) is 22.3 Å². The smallest absolute Gasteiger partial charge is 0.344 e. The number of nitrogens with zero attached hydrogens (tertiary/aromatic N) is 1. The second-order valence-electron chi connectivity index (χ2n) is 8.98. The molecule has 2 aliphatic carbocycles. The average Bonchev–Trinajstić information content (AvgIpc) is 3.48. The predicted octanol–water partition coefficient (Wildman–Crippen LogP) is 5.44. The summed E-state index contributed by atoms with van der Waals surface area (Å²) in [4.78, 5) is 22.9. The highest BCUT2D eigenvalue weighted by atomic mass is 35.5. The van der Waals surface area contributed by atoms with Crippen LogP contribution >= 0.6 is 11.6 Å². The highest BCUT2D eigenvalue weighted by Crippen LogP contribution is 2.44. The number of urea groups is 1. The third-order valence-electron chi connectivity index (χ3n) is 6.14. The molecule has 0 bridgehead atoms. The lowest BCUT2D eigenvalue weighted by molar-refractivity contribution is -0.0980. The first-order chi connectivity index (χ1) is 16.0. The summed E-state index contributed by atoms with van der Waals surface area (Å²) in [5.74, 6) is -0.361. The quantitative estimate of drug-likeness (QED) is 0.499. The SMILES string of the molecule is C=NC(=O)Nc1c2c(c(Cl)c3c1CCC3)CCC2.C=O.C[C@H](N)c1ccc(C(C)(C)O)cc1F. The predicted molar refractivity (Wildman–Crippen MR) is 135 cm³/mol. The number of anilines is 1. The molecule has 0 saturated heterocycles. The number of nitrogens with one attached hydrogen (secondary N) is 1. The molecule has 4 rings (SSSR count). The van der Waals surface area contributed by atoms with E-state index in [1.807, 2.05) is 6.79 Å². The molecule has 4 N–H and O–H groups in total. The molecule has 0 radical (unpaired) electrons. The van der Waals surface area contributed by atoms with Crippen LogP contribution in [0, 0.1) is 5.82 Å². The number of amides is 2. The Labute approximate surface area is 205 Å². The van der Waals surface area contributed by atoms with E-state index in [1.54, 1.807) is 32.9 Å². The molecule has 0 unspecified atom stereocenters. The second kappa shape index (κ2) is 11.7. The fourth-order valence-corrected chi connectivity index (χ4v) is 4.88. The van der Waals surface area contributed by atoms with Gasteiger partial charge < -0.3 is 21.0 Å². The number of aliphatic imine (C=N–C) groups is 1. The number of carbonyl (C=O) groups excluding carboxylic acids is 2. The van der Waals surface area contributed by atoms with Crippen molar-refractivity contribution in [3.63, 3.8) is 0 Å². The van der Waals surface area contributed by atoms with Gasteiger partial charge in [0.1, 0.15) is 12.6 Å². The zero-order valence-corrected chi connectivity index (χ0v) is 20.8. The molecule has 2 aromatic carbocycles. The summed E-state index contributed by atoms with van der Waals surface area (Å²) in [6, 6.07) is 3.94. The maximum absolute atomic E-state index is 13.4. The molecule has 8 heteroatoms. The third-order valence-corrected chi connectivity index (χ3v) is 6.60. The van der Waals surface area contributed by atoms with Crippen LogP contribution in [0.4, 0.5) is 14.9 Å². The highest BCUT2D eigenvalue weighted by Gasteiger charge is 2.28. The summed E-state index contributed by atoms with van der Waals surface area (Å²) in [6.07, 6.45) is 6.26. The zero-order valence-electron chi connectivity index (χ0n) is 20.0. The molecule has 0 aromatic heterocycles. The fourth-order valence-electron chi connectivity index (χ4n) is 4.46. The number of halogens is 2. The largest absolute Gasteiger partial charge is 0.386 e. The molecule has 184 valence electrons. The summed E-state index contributed by atoms with van der Waals surface area (Å²) in [5.41, 5.74) is 11.5. The minimum atomic E-state index is -1.02. The summed E-state index contributed by atoms with van der Waals surface area (Å²) < 4.78 is 13.4. The van der Waals surface area contributed by atoms with E-state index in [4.69, 9.17) is 22.1 Å². The van der Waals surface area contributed by atoms with Crippen LogP contribution in [0.2, 0.25) is 5.02 Å². The molecule has 0 fully saturated rings. The van der Waals surface area contributed by atoms with Crippen molar-refractivity contribution in [2.75, 3.05) is 5.32 Å². The molecular weight excluding hydrogens is 457 g/mol. The molecule has 0 aliphatic heterocycles. The van der Waals surface area contributed by atoms with Crippen molar-refractivity contribution in [3.8, 4) is 0 Å². The van der Waals surface area contributed by atoms with Gasteiger partial charge >= 0.3 is 6.03 Å². The van der Waals surface area contributed by atoms with Gasteiger partial charge in [0.15, 0.2) is 0 Å². The van der Waals surface area contributed by atoms with Gasteiger partial charge in [-0.1, -0.05) is 23.7 Å². The number of benzene rings is 2. The van der Waals surface area contributed by atoms with E-state index in [-0.39, 0.29) is 17.9 Å². The van der Waals surface area contributed by atoms with Crippen LogP contribution in [0.5, 0.6) is 0 Å². The van der Waals surface area contributed by atoms with Gasteiger partial charge in [-0.2, -0.15) is 0 Å². The van der Waals surface area contributed by atoms with Crippen molar-refractivity contribution in [1.82, 2.24) is 0 Å². The van der Waals surface area contributed by atoms with Gasteiger partial charge in [-0.15, -0.1) is 0 Å². The molecule has 0 saturated carbocycles. The standard InChI is InChI=1S/C14H15ClN2O.C11H16FNO.CH2O/c1-16-14(18)17-13-10-6-2-4-8(10)12(15)9-5-3-7-11(9)13;1-7(13)9-5-4-8(6-10(9)12)11(2,3)14;1-2/h1-7H2,(H,17,18);4-7,14H,13H2,1-3H3;1H2/t;7-;/m.0./s1. The van der Waals surface area contributed by atoms with Gasteiger partial charge in [-0.25, -0.2) is 14.2 Å². The highest BCUT2D eigenvalue weighted by molar-refractivity contribution is 6.32. The number of aliphatic hydroxyl groups is 1. The molecule has 2 amide bonds. The first-order valence-electron chi connectivity index (χ1n) is 11.2. The van der Waals surface area contributed by atoms with Gasteiger partial charge in [-0.3, -0.25) is 0 Å². The number of rotatable bonds is 3. The van der Waals surface area contributed by atoms with Crippen molar-refractivity contribution < 1.29 is 19.1 Å². The van der Waals surface area contributed by atoms with Crippen LogP contribution in [-0.2, 0) is 36.1 Å². The second-order valence-corrected chi connectivity index (χ2v) is 9.36. The van der Waals surface area contributed by atoms with Crippen LogP contribution in [-0.4, -0.2) is 24.6 Å². The van der Waals surface area contributed by atoms with E-state index in [1.165, 1.54) is 28.3 Å². The normalized spacial score (nSPS) is 14.6. The van der Waals surface area contributed by atoms with Crippen LogP contribution in [0.1, 0.15) is 73.0 Å². The van der Waals surface area contributed by atoms with E-state index in [0.29, 0.717) is 11.1 Å². The van der Waals surface area contributed by atoms with Crippen LogP contribution in [0.3, 0.4) is 0 Å². The lowest BCUT2D eigenvalue weighted by Gasteiger charge is -2.19. The van der Waals surface area contributed by atoms with Crippen molar-refractivity contribution >= 4 is 36.8 Å².